The first-order chi connectivity index (χ1) is 7.72. The summed E-state index contributed by atoms with van der Waals surface area (Å²) in [5, 5.41) is 3.04. The smallest absolute Gasteiger partial charge is 0.408 e. The summed E-state index contributed by atoms with van der Waals surface area (Å²) in [6, 6.07) is 0.100. The molecule has 1 amide bonds. The van der Waals surface area contributed by atoms with E-state index in [0.717, 1.165) is 32.1 Å². The number of amides is 1. The molecule has 0 aromatic rings. The second-order valence-corrected chi connectivity index (χ2v) is 6.30. The predicted octanol–water partition coefficient (Wildman–Crippen LogP) is 2.56. The summed E-state index contributed by atoms with van der Waals surface area (Å²) < 4.78 is 5.32. The van der Waals surface area contributed by atoms with Gasteiger partial charge in [0.1, 0.15) is 5.60 Å². The van der Waals surface area contributed by atoms with Gasteiger partial charge in [0, 0.05) is 11.6 Å². The molecule has 0 radical (unpaired) electrons. The Labute approximate surface area is 104 Å². The van der Waals surface area contributed by atoms with Crippen LogP contribution in [0.2, 0.25) is 0 Å². The lowest BCUT2D eigenvalue weighted by Crippen LogP contribution is -2.50. The highest BCUT2D eigenvalue weighted by Crippen LogP contribution is 2.33. The summed E-state index contributed by atoms with van der Waals surface area (Å²) >= 11 is 0. The number of nitrogens with one attached hydrogen (secondary N) is 1. The van der Waals surface area contributed by atoms with E-state index in [9.17, 15) is 4.79 Å². The van der Waals surface area contributed by atoms with E-state index in [2.05, 4.69) is 5.32 Å². The Bertz CT molecular complexity index is 263. The molecule has 0 spiro atoms. The average Bonchev–Trinajstić information content (AvgIpc) is 2.47. The lowest BCUT2D eigenvalue weighted by Gasteiger charge is -2.33. The van der Waals surface area contributed by atoms with Gasteiger partial charge < -0.3 is 15.8 Å². The fourth-order valence-corrected chi connectivity index (χ4v) is 2.57. The van der Waals surface area contributed by atoms with Crippen LogP contribution in [-0.4, -0.2) is 23.3 Å². The van der Waals surface area contributed by atoms with Crippen LogP contribution in [0.3, 0.4) is 0 Å². The molecule has 100 valence electrons. The van der Waals surface area contributed by atoms with Crippen LogP contribution in [0.1, 0.15) is 59.8 Å². The molecule has 1 saturated carbocycles. The quantitative estimate of drug-likeness (QED) is 0.799. The zero-order valence-electron chi connectivity index (χ0n) is 11.5. The minimum Gasteiger partial charge on any atom is -0.444 e. The summed E-state index contributed by atoms with van der Waals surface area (Å²) in [4.78, 5) is 11.8. The first-order valence-corrected chi connectivity index (χ1v) is 6.49. The standard InChI is InChI=1S/C13H26N2O2/c1-10(14)9-13(7-5-6-8-13)15-11(16)17-12(2,3)4/h10H,5-9,14H2,1-4H3,(H,15,16). The molecule has 1 unspecified atom stereocenters. The molecule has 0 heterocycles. The van der Waals surface area contributed by atoms with Crippen molar-refractivity contribution in [3.8, 4) is 0 Å². The number of ether oxygens (including phenoxy) is 1. The molecule has 0 aliphatic heterocycles. The maximum absolute atomic E-state index is 11.8. The van der Waals surface area contributed by atoms with Gasteiger partial charge in [-0.05, 0) is 47.0 Å². The molecule has 17 heavy (non-hydrogen) atoms. The number of rotatable bonds is 3. The van der Waals surface area contributed by atoms with Gasteiger partial charge in [0.05, 0.1) is 0 Å². The largest absolute Gasteiger partial charge is 0.444 e. The lowest BCUT2D eigenvalue weighted by atomic mass is 9.90. The minimum atomic E-state index is -0.446. The third kappa shape index (κ3) is 4.94. The van der Waals surface area contributed by atoms with Crippen LogP contribution in [0.15, 0.2) is 0 Å². The van der Waals surface area contributed by atoms with Crippen LogP contribution in [-0.2, 0) is 4.74 Å². The predicted molar refractivity (Wildman–Crippen MR) is 68.8 cm³/mol. The van der Waals surface area contributed by atoms with Gasteiger partial charge in [-0.2, -0.15) is 0 Å². The molecule has 4 heteroatoms. The van der Waals surface area contributed by atoms with Crippen LogP contribution in [0.5, 0.6) is 0 Å². The lowest BCUT2D eigenvalue weighted by molar-refractivity contribution is 0.0447. The van der Waals surface area contributed by atoms with Crippen LogP contribution in [0, 0.1) is 0 Å². The van der Waals surface area contributed by atoms with Gasteiger partial charge in [0.2, 0.25) is 0 Å². The Morgan fingerprint density at radius 2 is 1.94 bits per heavy atom. The Balaban J connectivity index is 2.58. The number of hydrogen-bond acceptors (Lipinski definition) is 3. The van der Waals surface area contributed by atoms with Crippen molar-refractivity contribution in [1.82, 2.24) is 5.32 Å². The number of carbonyl (C=O) groups excluding carboxylic acids is 1. The Morgan fingerprint density at radius 1 is 1.41 bits per heavy atom. The highest BCUT2D eigenvalue weighted by Gasteiger charge is 2.37. The second-order valence-electron chi connectivity index (χ2n) is 6.30. The molecule has 1 rings (SSSR count). The van der Waals surface area contributed by atoms with Gasteiger partial charge in [-0.15, -0.1) is 0 Å². The monoisotopic (exact) mass is 242 g/mol. The van der Waals surface area contributed by atoms with Crippen molar-refractivity contribution in [1.29, 1.82) is 0 Å². The number of alkyl carbamates (subject to hydrolysis) is 1. The summed E-state index contributed by atoms with van der Waals surface area (Å²) in [5.74, 6) is 0. The molecule has 4 nitrogen and oxygen atoms in total. The van der Waals surface area contributed by atoms with Gasteiger partial charge in [-0.25, -0.2) is 4.79 Å². The zero-order valence-corrected chi connectivity index (χ0v) is 11.5. The third-order valence-electron chi connectivity index (χ3n) is 3.04. The van der Waals surface area contributed by atoms with Crippen molar-refractivity contribution in [3.63, 3.8) is 0 Å². The molecular formula is C13H26N2O2. The van der Waals surface area contributed by atoms with Gasteiger partial charge in [0.15, 0.2) is 0 Å². The average molecular weight is 242 g/mol. The molecule has 0 aromatic carbocycles. The van der Waals surface area contributed by atoms with E-state index < -0.39 is 5.60 Å². The highest BCUT2D eigenvalue weighted by molar-refractivity contribution is 5.68. The van der Waals surface area contributed by atoms with Crippen LogP contribution >= 0.6 is 0 Å². The molecule has 0 bridgehead atoms. The number of hydrogen-bond donors (Lipinski definition) is 2. The summed E-state index contributed by atoms with van der Waals surface area (Å²) in [7, 11) is 0. The van der Waals surface area contributed by atoms with Gasteiger partial charge >= 0.3 is 6.09 Å². The molecule has 0 saturated heterocycles. The highest BCUT2D eigenvalue weighted by atomic mass is 16.6. The Hall–Kier alpha value is -0.770. The van der Waals surface area contributed by atoms with Crippen molar-refractivity contribution in [3.05, 3.63) is 0 Å². The van der Waals surface area contributed by atoms with E-state index in [0.29, 0.717) is 0 Å². The minimum absolute atomic E-state index is 0.100. The van der Waals surface area contributed by atoms with Crippen molar-refractivity contribution in [2.45, 2.75) is 77.0 Å². The van der Waals surface area contributed by atoms with E-state index in [1.54, 1.807) is 0 Å². The number of nitrogens with two attached hydrogens (primary N) is 1. The first-order valence-electron chi connectivity index (χ1n) is 6.49. The van der Waals surface area contributed by atoms with Gasteiger partial charge in [0.25, 0.3) is 0 Å². The molecular weight excluding hydrogens is 216 g/mol. The molecule has 1 aliphatic rings. The van der Waals surface area contributed by atoms with Crippen LogP contribution in [0.25, 0.3) is 0 Å². The van der Waals surface area contributed by atoms with Crippen molar-refractivity contribution in [2.24, 2.45) is 5.73 Å². The Kier molecular flexibility index (Phi) is 4.42. The normalized spacial score (nSPS) is 21.0. The van der Waals surface area contributed by atoms with Crippen molar-refractivity contribution >= 4 is 6.09 Å². The Morgan fingerprint density at radius 3 is 2.35 bits per heavy atom. The van der Waals surface area contributed by atoms with E-state index >= 15 is 0 Å². The van der Waals surface area contributed by atoms with Gasteiger partial charge in [-0.3, -0.25) is 0 Å². The zero-order chi connectivity index (χ0) is 13.1. The summed E-state index contributed by atoms with van der Waals surface area (Å²) in [5.41, 5.74) is 5.28. The van der Waals surface area contributed by atoms with E-state index in [-0.39, 0.29) is 17.7 Å². The van der Waals surface area contributed by atoms with E-state index in [1.807, 2.05) is 27.7 Å². The first kappa shape index (κ1) is 14.3. The second kappa shape index (κ2) is 5.25. The fourth-order valence-electron chi connectivity index (χ4n) is 2.57. The van der Waals surface area contributed by atoms with E-state index in [4.69, 9.17) is 10.5 Å². The molecule has 1 fully saturated rings. The molecule has 0 aromatic heterocycles. The topological polar surface area (TPSA) is 64.3 Å². The van der Waals surface area contributed by atoms with Gasteiger partial charge in [-0.1, -0.05) is 12.8 Å². The molecule has 1 aliphatic carbocycles. The fraction of sp³-hybridized carbons (Fsp3) is 0.923. The third-order valence-corrected chi connectivity index (χ3v) is 3.04. The molecule has 3 N–H and O–H groups in total. The summed E-state index contributed by atoms with van der Waals surface area (Å²) in [6.45, 7) is 7.61. The van der Waals surface area contributed by atoms with Crippen molar-refractivity contribution < 1.29 is 9.53 Å². The number of carbonyl (C=O) groups is 1. The van der Waals surface area contributed by atoms with Crippen molar-refractivity contribution in [2.75, 3.05) is 0 Å². The molecule has 1 atom stereocenters. The van der Waals surface area contributed by atoms with Crippen LogP contribution in [0.4, 0.5) is 4.79 Å². The van der Waals surface area contributed by atoms with E-state index in [1.165, 1.54) is 0 Å². The van der Waals surface area contributed by atoms with Crippen LogP contribution < -0.4 is 11.1 Å². The SMILES string of the molecule is CC(N)CC1(NC(=O)OC(C)(C)C)CCCC1. The maximum Gasteiger partial charge on any atom is 0.408 e. The maximum atomic E-state index is 11.8. The summed E-state index contributed by atoms with van der Waals surface area (Å²) in [6.07, 6.45) is 4.83.